The molecule has 2 N–H and O–H groups in total. The zero-order valence-corrected chi connectivity index (χ0v) is 21.4. The van der Waals surface area contributed by atoms with Crippen molar-refractivity contribution >= 4 is 29.1 Å². The molecule has 3 aromatic carbocycles. The van der Waals surface area contributed by atoms with Crippen LogP contribution in [0, 0.1) is 0 Å². The highest BCUT2D eigenvalue weighted by Gasteiger charge is 2.43. The Labute approximate surface area is 225 Å². The molecule has 11 heteroatoms. The normalized spacial score (nSPS) is 16.9. The van der Waals surface area contributed by atoms with E-state index in [0.29, 0.717) is 22.2 Å². The predicted octanol–water partition coefficient (Wildman–Crippen LogP) is 6.09. The van der Waals surface area contributed by atoms with E-state index in [1.54, 1.807) is 53.4 Å². The molecule has 0 aliphatic carbocycles. The summed E-state index contributed by atoms with van der Waals surface area (Å²) in [5.74, 6) is -0.251. The standard InChI is InChI=1S/C27H23ClF3N3O3S/c28-20-8-4-5-9-21(20)38-24-25(35)32-34(26(24)36)23(17-6-2-1-3-7-17)18-10-12-19(13-11-18)33-14-15-37-22(16-33)27(29,30)31/h1-13,22-23,36H,14-16H2,(H,32,35). The predicted molar refractivity (Wildman–Crippen MR) is 140 cm³/mol. The average molecular weight is 562 g/mol. The molecule has 38 heavy (non-hydrogen) atoms. The van der Waals surface area contributed by atoms with Gasteiger partial charge in [-0.2, -0.15) is 13.2 Å². The van der Waals surface area contributed by atoms with Gasteiger partial charge in [0.15, 0.2) is 6.10 Å². The summed E-state index contributed by atoms with van der Waals surface area (Å²) in [6, 6.07) is 22.7. The Balaban J connectivity index is 1.49. The maximum absolute atomic E-state index is 13.2. The highest BCUT2D eigenvalue weighted by molar-refractivity contribution is 7.99. The first-order valence-corrected chi connectivity index (χ1v) is 13.0. The van der Waals surface area contributed by atoms with Gasteiger partial charge in [-0.3, -0.25) is 9.89 Å². The molecule has 1 fully saturated rings. The molecule has 198 valence electrons. The summed E-state index contributed by atoms with van der Waals surface area (Å²) in [7, 11) is 0. The largest absolute Gasteiger partial charge is 0.493 e. The molecule has 2 unspecified atom stereocenters. The lowest BCUT2D eigenvalue weighted by molar-refractivity contribution is -0.221. The first-order valence-electron chi connectivity index (χ1n) is 11.8. The second-order valence-corrected chi connectivity index (χ2v) is 10.2. The number of nitrogens with one attached hydrogen (secondary N) is 1. The molecule has 0 radical (unpaired) electrons. The van der Waals surface area contributed by atoms with Gasteiger partial charge < -0.3 is 14.7 Å². The van der Waals surface area contributed by atoms with E-state index in [2.05, 4.69) is 5.10 Å². The molecule has 1 aliphatic heterocycles. The molecule has 0 bridgehead atoms. The van der Waals surface area contributed by atoms with Crippen molar-refractivity contribution in [2.45, 2.75) is 28.1 Å². The van der Waals surface area contributed by atoms with Crippen LogP contribution >= 0.6 is 23.4 Å². The number of morpholine rings is 1. The van der Waals surface area contributed by atoms with Crippen LogP contribution in [0.3, 0.4) is 0 Å². The van der Waals surface area contributed by atoms with Gasteiger partial charge in [-0.15, -0.1) is 0 Å². The lowest BCUT2D eigenvalue weighted by atomic mass is 9.98. The Morgan fingerprint density at radius 3 is 2.34 bits per heavy atom. The van der Waals surface area contributed by atoms with Gasteiger partial charge in [-0.1, -0.05) is 78.0 Å². The third-order valence-corrected chi connectivity index (χ3v) is 7.88. The molecule has 0 spiro atoms. The highest BCUT2D eigenvalue weighted by Crippen LogP contribution is 2.39. The first kappa shape index (κ1) is 26.3. The van der Waals surface area contributed by atoms with E-state index in [1.807, 2.05) is 30.3 Å². The second-order valence-electron chi connectivity index (χ2n) is 8.75. The second kappa shape index (κ2) is 10.8. The number of aromatic hydroxyl groups is 1. The van der Waals surface area contributed by atoms with Crippen molar-refractivity contribution in [3.05, 3.63) is 105 Å². The molecule has 2 atom stereocenters. The summed E-state index contributed by atoms with van der Waals surface area (Å²) < 4.78 is 45.9. The summed E-state index contributed by atoms with van der Waals surface area (Å²) in [6.45, 7) is 0.0184. The average Bonchev–Trinajstić information content (AvgIpc) is 3.19. The summed E-state index contributed by atoms with van der Waals surface area (Å²) in [4.78, 5) is 15.3. The van der Waals surface area contributed by atoms with E-state index in [9.17, 15) is 23.1 Å². The maximum Gasteiger partial charge on any atom is 0.416 e. The van der Waals surface area contributed by atoms with E-state index in [1.165, 1.54) is 4.68 Å². The molecule has 4 aromatic rings. The van der Waals surface area contributed by atoms with Crippen LogP contribution in [0.1, 0.15) is 17.2 Å². The van der Waals surface area contributed by atoms with Gasteiger partial charge in [-0.25, -0.2) is 4.68 Å². The van der Waals surface area contributed by atoms with Crippen molar-refractivity contribution in [2.24, 2.45) is 0 Å². The molecule has 1 aromatic heterocycles. The molecule has 1 aliphatic rings. The SMILES string of the molecule is O=c1[nH]n(C(c2ccccc2)c2ccc(N3CCOC(C(F)(F)F)C3)cc2)c(O)c1Sc1ccccc1Cl. The summed E-state index contributed by atoms with van der Waals surface area (Å²) in [5.41, 5.74) is 1.66. The number of anilines is 1. The van der Waals surface area contributed by atoms with E-state index >= 15 is 0 Å². The third-order valence-electron chi connectivity index (χ3n) is 6.29. The van der Waals surface area contributed by atoms with E-state index in [0.717, 1.165) is 22.9 Å². The molecule has 5 rings (SSSR count). The Kier molecular flexibility index (Phi) is 7.47. The third kappa shape index (κ3) is 5.43. The lowest BCUT2D eigenvalue weighted by Crippen LogP contribution is -2.49. The van der Waals surface area contributed by atoms with Crippen LogP contribution in [0.25, 0.3) is 0 Å². The van der Waals surface area contributed by atoms with Gasteiger partial charge in [0, 0.05) is 17.1 Å². The monoisotopic (exact) mass is 561 g/mol. The van der Waals surface area contributed by atoms with Crippen molar-refractivity contribution in [1.82, 2.24) is 9.78 Å². The number of aromatic amines is 1. The number of alkyl halides is 3. The van der Waals surface area contributed by atoms with Gasteiger partial charge in [0.05, 0.1) is 18.2 Å². The van der Waals surface area contributed by atoms with Crippen LogP contribution in [0.15, 0.2) is 93.4 Å². The minimum atomic E-state index is -4.44. The molecule has 6 nitrogen and oxygen atoms in total. The summed E-state index contributed by atoms with van der Waals surface area (Å²) in [5, 5.41) is 14.4. The van der Waals surface area contributed by atoms with Crippen LogP contribution in [0.5, 0.6) is 5.88 Å². The summed E-state index contributed by atoms with van der Waals surface area (Å²) >= 11 is 7.32. The first-order chi connectivity index (χ1) is 18.2. The van der Waals surface area contributed by atoms with Crippen LogP contribution in [-0.4, -0.2) is 46.9 Å². The van der Waals surface area contributed by atoms with Gasteiger partial charge in [0.25, 0.3) is 5.56 Å². The molecule has 0 saturated carbocycles. The zero-order valence-electron chi connectivity index (χ0n) is 19.9. The number of halogens is 4. The maximum atomic E-state index is 13.2. The highest BCUT2D eigenvalue weighted by atomic mass is 35.5. The fraction of sp³-hybridized carbons (Fsp3) is 0.222. The van der Waals surface area contributed by atoms with E-state index in [-0.39, 0.29) is 23.9 Å². The van der Waals surface area contributed by atoms with Crippen molar-refractivity contribution in [1.29, 1.82) is 0 Å². The van der Waals surface area contributed by atoms with Gasteiger partial charge in [0.2, 0.25) is 5.88 Å². The van der Waals surface area contributed by atoms with Crippen molar-refractivity contribution < 1.29 is 23.0 Å². The van der Waals surface area contributed by atoms with Crippen LogP contribution in [0.4, 0.5) is 18.9 Å². The molecule has 2 heterocycles. The number of rotatable bonds is 6. The minimum absolute atomic E-state index is 0.0249. The Morgan fingerprint density at radius 2 is 1.66 bits per heavy atom. The smallest absolute Gasteiger partial charge is 0.416 e. The van der Waals surface area contributed by atoms with Crippen molar-refractivity contribution in [2.75, 3.05) is 24.6 Å². The van der Waals surface area contributed by atoms with Crippen LogP contribution < -0.4 is 10.5 Å². The van der Waals surface area contributed by atoms with Gasteiger partial charge in [-0.05, 0) is 35.4 Å². The fourth-order valence-corrected chi connectivity index (χ4v) is 5.53. The van der Waals surface area contributed by atoms with E-state index in [4.69, 9.17) is 16.3 Å². The number of nitrogens with zero attached hydrogens (tertiary/aromatic N) is 2. The molecular formula is C27H23ClF3N3O3S. The van der Waals surface area contributed by atoms with Gasteiger partial charge in [0.1, 0.15) is 10.9 Å². The minimum Gasteiger partial charge on any atom is -0.493 e. The summed E-state index contributed by atoms with van der Waals surface area (Å²) in [6.07, 6.45) is -6.28. The molecule has 1 saturated heterocycles. The Bertz CT molecular complexity index is 1460. The van der Waals surface area contributed by atoms with E-state index < -0.39 is 23.9 Å². The fourth-order valence-electron chi connectivity index (χ4n) is 4.42. The quantitative estimate of drug-likeness (QED) is 0.298. The Hall–Kier alpha value is -3.34. The van der Waals surface area contributed by atoms with Crippen molar-refractivity contribution in [3.63, 3.8) is 0 Å². The molecular weight excluding hydrogens is 539 g/mol. The number of hydrogen-bond acceptors (Lipinski definition) is 5. The lowest BCUT2D eigenvalue weighted by Gasteiger charge is -2.35. The van der Waals surface area contributed by atoms with Crippen LogP contribution in [-0.2, 0) is 4.74 Å². The Morgan fingerprint density at radius 1 is 1.00 bits per heavy atom. The molecule has 0 amide bonds. The zero-order chi connectivity index (χ0) is 26.9. The number of ether oxygens (including phenoxy) is 1. The van der Waals surface area contributed by atoms with Crippen LogP contribution in [0.2, 0.25) is 5.02 Å². The number of H-pyrrole nitrogens is 1. The topological polar surface area (TPSA) is 70.5 Å². The van der Waals surface area contributed by atoms with Gasteiger partial charge >= 0.3 is 6.18 Å². The number of benzene rings is 3. The number of aromatic nitrogens is 2. The van der Waals surface area contributed by atoms with Crippen molar-refractivity contribution in [3.8, 4) is 5.88 Å². The number of hydrogen-bond donors (Lipinski definition) is 2.